The monoisotopic (exact) mass is 453 g/mol. The standard InChI is InChI=1S/C23H18F3N5O2/c1-33-19-10-8-18(9-11-19)31-21(16-3-2-12-27-14-16)20(29-30-31)22(32)28-13-15-4-6-17(7-5-15)23(24,25)26/h2-12,14H,13H2,1H3,(H,28,32). The molecular formula is C23H18F3N5O2. The number of pyridine rings is 1. The van der Waals surface area contributed by atoms with Crippen LogP contribution in [0, 0.1) is 0 Å². The summed E-state index contributed by atoms with van der Waals surface area (Å²) in [5.74, 6) is 0.143. The van der Waals surface area contributed by atoms with Crippen LogP contribution in [0.5, 0.6) is 5.75 Å². The number of hydrogen-bond donors (Lipinski definition) is 1. The maximum absolute atomic E-state index is 12.9. The third kappa shape index (κ3) is 4.84. The topological polar surface area (TPSA) is 81.9 Å². The maximum Gasteiger partial charge on any atom is 0.416 e. The summed E-state index contributed by atoms with van der Waals surface area (Å²) in [6.45, 7) is 0.0266. The quantitative estimate of drug-likeness (QED) is 0.471. The van der Waals surface area contributed by atoms with E-state index in [1.54, 1.807) is 55.9 Å². The summed E-state index contributed by atoms with van der Waals surface area (Å²) in [6.07, 6.45) is -1.22. The highest BCUT2D eigenvalue weighted by Gasteiger charge is 2.30. The zero-order chi connectivity index (χ0) is 23.4. The fourth-order valence-electron chi connectivity index (χ4n) is 3.18. The van der Waals surface area contributed by atoms with Crippen molar-refractivity contribution in [1.29, 1.82) is 0 Å². The van der Waals surface area contributed by atoms with Crippen molar-refractivity contribution in [2.45, 2.75) is 12.7 Å². The number of aromatic nitrogens is 4. The molecule has 0 atom stereocenters. The zero-order valence-corrected chi connectivity index (χ0v) is 17.4. The number of amides is 1. The highest BCUT2D eigenvalue weighted by atomic mass is 19.4. The first-order valence-corrected chi connectivity index (χ1v) is 9.81. The first-order chi connectivity index (χ1) is 15.9. The predicted molar refractivity (Wildman–Crippen MR) is 114 cm³/mol. The van der Waals surface area contributed by atoms with Crippen molar-refractivity contribution in [1.82, 2.24) is 25.3 Å². The summed E-state index contributed by atoms with van der Waals surface area (Å²) in [7, 11) is 1.56. The zero-order valence-electron chi connectivity index (χ0n) is 17.4. The van der Waals surface area contributed by atoms with E-state index in [4.69, 9.17) is 4.74 Å². The molecule has 0 radical (unpaired) electrons. The Bertz CT molecular complexity index is 1240. The maximum atomic E-state index is 12.9. The van der Waals surface area contributed by atoms with Gasteiger partial charge < -0.3 is 10.1 Å². The summed E-state index contributed by atoms with van der Waals surface area (Å²) in [5.41, 5.74) is 1.53. The normalized spacial score (nSPS) is 11.3. The SMILES string of the molecule is COc1ccc(-n2nnc(C(=O)NCc3ccc(C(F)(F)F)cc3)c2-c2cccnc2)cc1. The van der Waals surface area contributed by atoms with E-state index < -0.39 is 17.6 Å². The molecule has 4 rings (SSSR count). The number of carbonyl (C=O) groups is 1. The molecule has 7 nitrogen and oxygen atoms in total. The van der Waals surface area contributed by atoms with Crippen LogP contribution in [0.3, 0.4) is 0 Å². The van der Waals surface area contributed by atoms with E-state index in [0.29, 0.717) is 28.3 Å². The molecule has 33 heavy (non-hydrogen) atoms. The Morgan fingerprint density at radius 2 is 1.79 bits per heavy atom. The van der Waals surface area contributed by atoms with E-state index in [1.165, 1.54) is 16.8 Å². The smallest absolute Gasteiger partial charge is 0.416 e. The van der Waals surface area contributed by atoms with E-state index >= 15 is 0 Å². The molecule has 168 valence electrons. The van der Waals surface area contributed by atoms with Gasteiger partial charge in [0.1, 0.15) is 11.4 Å². The van der Waals surface area contributed by atoms with Crippen LogP contribution >= 0.6 is 0 Å². The van der Waals surface area contributed by atoms with Gasteiger partial charge in [-0.1, -0.05) is 17.3 Å². The van der Waals surface area contributed by atoms with E-state index in [-0.39, 0.29) is 12.2 Å². The Morgan fingerprint density at radius 1 is 1.06 bits per heavy atom. The van der Waals surface area contributed by atoms with Crippen molar-refractivity contribution in [3.05, 3.63) is 89.9 Å². The number of rotatable bonds is 6. The van der Waals surface area contributed by atoms with Crippen molar-refractivity contribution < 1.29 is 22.7 Å². The van der Waals surface area contributed by atoms with Crippen molar-refractivity contribution in [2.24, 2.45) is 0 Å². The molecule has 1 N–H and O–H groups in total. The third-order valence-corrected chi connectivity index (χ3v) is 4.87. The molecule has 0 fully saturated rings. The fourth-order valence-corrected chi connectivity index (χ4v) is 3.18. The molecule has 0 aliphatic rings. The van der Waals surface area contributed by atoms with Gasteiger partial charge in [-0.25, -0.2) is 4.68 Å². The number of alkyl halides is 3. The van der Waals surface area contributed by atoms with Gasteiger partial charge in [0.2, 0.25) is 0 Å². The van der Waals surface area contributed by atoms with Crippen LogP contribution in [-0.4, -0.2) is 33.0 Å². The molecule has 0 unspecified atom stereocenters. The number of carbonyl (C=O) groups excluding carboxylic acids is 1. The highest BCUT2D eigenvalue weighted by molar-refractivity contribution is 5.98. The lowest BCUT2D eigenvalue weighted by atomic mass is 10.1. The number of nitrogens with one attached hydrogen (secondary N) is 1. The molecule has 4 aromatic rings. The molecule has 0 aliphatic carbocycles. The number of ether oxygens (including phenoxy) is 1. The van der Waals surface area contributed by atoms with Crippen LogP contribution in [0.25, 0.3) is 16.9 Å². The molecule has 10 heteroatoms. The third-order valence-electron chi connectivity index (χ3n) is 4.87. The molecule has 0 saturated carbocycles. The lowest BCUT2D eigenvalue weighted by molar-refractivity contribution is -0.137. The van der Waals surface area contributed by atoms with E-state index in [0.717, 1.165) is 12.1 Å². The molecule has 1 amide bonds. The predicted octanol–water partition coefficient (Wildman–Crippen LogP) is 4.29. The van der Waals surface area contributed by atoms with Gasteiger partial charge in [0.05, 0.1) is 18.4 Å². The Kier molecular flexibility index (Phi) is 6.07. The number of nitrogens with zero attached hydrogens (tertiary/aromatic N) is 4. The molecule has 0 bridgehead atoms. The molecular weight excluding hydrogens is 435 g/mol. The fraction of sp³-hybridized carbons (Fsp3) is 0.130. The lowest BCUT2D eigenvalue weighted by Gasteiger charge is -2.10. The average molecular weight is 453 g/mol. The molecule has 0 aliphatic heterocycles. The molecule has 0 saturated heterocycles. The van der Waals surface area contributed by atoms with Gasteiger partial charge in [0.15, 0.2) is 5.69 Å². The summed E-state index contributed by atoms with van der Waals surface area (Å²) < 4.78 is 44.9. The van der Waals surface area contributed by atoms with E-state index in [2.05, 4.69) is 20.6 Å². The van der Waals surface area contributed by atoms with Crippen molar-refractivity contribution >= 4 is 5.91 Å². The van der Waals surface area contributed by atoms with Crippen molar-refractivity contribution in [3.63, 3.8) is 0 Å². The van der Waals surface area contributed by atoms with Crippen molar-refractivity contribution in [2.75, 3.05) is 7.11 Å². The van der Waals surface area contributed by atoms with Gasteiger partial charge in [0.25, 0.3) is 5.91 Å². The Labute approximate surface area is 186 Å². The van der Waals surface area contributed by atoms with Crippen LogP contribution in [0.4, 0.5) is 13.2 Å². The van der Waals surface area contributed by atoms with Gasteiger partial charge >= 0.3 is 6.18 Å². The van der Waals surface area contributed by atoms with Gasteiger partial charge in [-0.15, -0.1) is 5.10 Å². The average Bonchev–Trinajstić information content (AvgIpc) is 3.28. The molecule has 2 aromatic heterocycles. The van der Waals surface area contributed by atoms with Crippen LogP contribution in [-0.2, 0) is 12.7 Å². The second-order valence-corrected chi connectivity index (χ2v) is 7.02. The van der Waals surface area contributed by atoms with Crippen LogP contribution in [0.1, 0.15) is 21.6 Å². The summed E-state index contributed by atoms with van der Waals surface area (Å²) >= 11 is 0. The van der Waals surface area contributed by atoms with E-state index in [9.17, 15) is 18.0 Å². The number of hydrogen-bond acceptors (Lipinski definition) is 5. The number of methoxy groups -OCH3 is 1. The summed E-state index contributed by atoms with van der Waals surface area (Å²) in [4.78, 5) is 17.0. The summed E-state index contributed by atoms with van der Waals surface area (Å²) in [6, 6.07) is 15.2. The van der Waals surface area contributed by atoms with Crippen LogP contribution in [0.15, 0.2) is 73.1 Å². The lowest BCUT2D eigenvalue weighted by Crippen LogP contribution is -2.24. The van der Waals surface area contributed by atoms with Gasteiger partial charge in [-0.3, -0.25) is 9.78 Å². The Morgan fingerprint density at radius 3 is 2.39 bits per heavy atom. The minimum Gasteiger partial charge on any atom is -0.497 e. The molecule has 2 aromatic carbocycles. The number of benzene rings is 2. The van der Waals surface area contributed by atoms with Crippen molar-refractivity contribution in [3.8, 4) is 22.7 Å². The second-order valence-electron chi connectivity index (χ2n) is 7.02. The first kappa shape index (κ1) is 22.0. The van der Waals surface area contributed by atoms with Gasteiger partial charge in [0, 0.05) is 24.5 Å². The van der Waals surface area contributed by atoms with Gasteiger partial charge in [-0.05, 0) is 54.1 Å². The van der Waals surface area contributed by atoms with E-state index in [1.807, 2.05) is 0 Å². The second kappa shape index (κ2) is 9.11. The largest absolute Gasteiger partial charge is 0.497 e. The Hall–Kier alpha value is -4.21. The van der Waals surface area contributed by atoms with Crippen LogP contribution < -0.4 is 10.1 Å². The minimum atomic E-state index is -4.42. The number of halogens is 3. The first-order valence-electron chi connectivity index (χ1n) is 9.81. The molecule has 2 heterocycles. The van der Waals surface area contributed by atoms with Gasteiger partial charge in [-0.2, -0.15) is 13.2 Å². The minimum absolute atomic E-state index is 0.0266. The highest BCUT2D eigenvalue weighted by Crippen LogP contribution is 2.29. The molecule has 0 spiro atoms. The summed E-state index contributed by atoms with van der Waals surface area (Å²) in [5, 5.41) is 10.9. The Balaban J connectivity index is 1.61. The van der Waals surface area contributed by atoms with Crippen LogP contribution in [0.2, 0.25) is 0 Å².